The van der Waals surface area contributed by atoms with Crippen molar-refractivity contribution in [1.29, 1.82) is 0 Å². The van der Waals surface area contributed by atoms with Gasteiger partial charge in [-0.25, -0.2) is 4.98 Å². The van der Waals surface area contributed by atoms with Gasteiger partial charge < -0.3 is 15.2 Å². The van der Waals surface area contributed by atoms with Crippen molar-refractivity contribution in [2.45, 2.75) is 58.5 Å². The second-order valence-corrected chi connectivity index (χ2v) is 6.65. The molecule has 0 amide bonds. The van der Waals surface area contributed by atoms with Crippen LogP contribution in [0.25, 0.3) is 0 Å². The minimum Gasteiger partial charge on any atom is -0.356 e. The molecule has 23 heavy (non-hydrogen) atoms. The maximum Gasteiger partial charge on any atom is 0.191 e. The highest BCUT2D eigenvalue weighted by Crippen LogP contribution is 2.29. The SMILES string of the molecule is CN=C(NCCCn1ccnc1)NC1CCC(C(C)C)CC1.I. The molecule has 0 atom stereocenters. The van der Waals surface area contributed by atoms with E-state index in [2.05, 4.69) is 39.0 Å². The lowest BCUT2D eigenvalue weighted by atomic mass is 9.80. The molecule has 132 valence electrons. The van der Waals surface area contributed by atoms with E-state index in [1.54, 1.807) is 0 Å². The molecule has 1 aromatic rings. The summed E-state index contributed by atoms with van der Waals surface area (Å²) in [5, 5.41) is 7.00. The second kappa shape index (κ2) is 10.9. The third-order valence-electron chi connectivity index (χ3n) is 4.72. The van der Waals surface area contributed by atoms with Crippen LogP contribution in [0.1, 0.15) is 46.0 Å². The Morgan fingerprint density at radius 3 is 2.61 bits per heavy atom. The van der Waals surface area contributed by atoms with E-state index in [0.717, 1.165) is 37.3 Å². The van der Waals surface area contributed by atoms with E-state index in [1.807, 2.05) is 25.8 Å². The number of guanidine groups is 1. The molecule has 1 aliphatic carbocycles. The summed E-state index contributed by atoms with van der Waals surface area (Å²) in [5.41, 5.74) is 0. The molecule has 1 aliphatic rings. The predicted molar refractivity (Wildman–Crippen MR) is 107 cm³/mol. The van der Waals surface area contributed by atoms with Gasteiger partial charge in [-0.2, -0.15) is 0 Å². The Kier molecular flexibility index (Phi) is 9.59. The highest BCUT2D eigenvalue weighted by atomic mass is 127. The molecule has 1 fully saturated rings. The lowest BCUT2D eigenvalue weighted by molar-refractivity contribution is 0.250. The van der Waals surface area contributed by atoms with E-state index in [0.29, 0.717) is 6.04 Å². The number of aromatic nitrogens is 2. The molecule has 1 saturated carbocycles. The van der Waals surface area contributed by atoms with E-state index in [-0.39, 0.29) is 24.0 Å². The Hall–Kier alpha value is -0.790. The van der Waals surface area contributed by atoms with Crippen LogP contribution < -0.4 is 10.6 Å². The zero-order chi connectivity index (χ0) is 15.8. The van der Waals surface area contributed by atoms with E-state index in [1.165, 1.54) is 25.7 Å². The van der Waals surface area contributed by atoms with Crippen LogP contribution >= 0.6 is 24.0 Å². The van der Waals surface area contributed by atoms with Gasteiger partial charge in [0.05, 0.1) is 6.33 Å². The number of halogens is 1. The Labute approximate surface area is 157 Å². The summed E-state index contributed by atoms with van der Waals surface area (Å²) in [7, 11) is 1.85. The lowest BCUT2D eigenvalue weighted by Gasteiger charge is -2.32. The maximum absolute atomic E-state index is 4.35. The van der Waals surface area contributed by atoms with E-state index >= 15 is 0 Å². The molecule has 1 heterocycles. The van der Waals surface area contributed by atoms with Gasteiger partial charge in [-0.3, -0.25) is 4.99 Å². The Morgan fingerprint density at radius 2 is 2.04 bits per heavy atom. The molecular formula is C17H32IN5. The standard InChI is InChI=1S/C17H31N5.HI/c1-14(2)15-5-7-16(8-6-15)21-17(18-3)20-9-4-11-22-12-10-19-13-22;/h10,12-16H,4-9,11H2,1-3H3,(H2,18,20,21);1H. The lowest BCUT2D eigenvalue weighted by Crippen LogP contribution is -2.45. The van der Waals surface area contributed by atoms with Crippen LogP contribution in [0.2, 0.25) is 0 Å². The molecule has 0 saturated heterocycles. The van der Waals surface area contributed by atoms with Gasteiger partial charge >= 0.3 is 0 Å². The minimum atomic E-state index is 0. The number of hydrogen-bond acceptors (Lipinski definition) is 2. The fraction of sp³-hybridized carbons (Fsp3) is 0.765. The monoisotopic (exact) mass is 433 g/mol. The summed E-state index contributed by atoms with van der Waals surface area (Å²) >= 11 is 0. The van der Waals surface area contributed by atoms with Gasteiger partial charge in [-0.05, 0) is 43.9 Å². The van der Waals surface area contributed by atoms with Gasteiger partial charge in [-0.1, -0.05) is 13.8 Å². The first-order valence-electron chi connectivity index (χ1n) is 8.62. The van der Waals surface area contributed by atoms with Gasteiger partial charge in [0.2, 0.25) is 0 Å². The number of nitrogens with zero attached hydrogens (tertiary/aromatic N) is 3. The largest absolute Gasteiger partial charge is 0.356 e. The summed E-state index contributed by atoms with van der Waals surface area (Å²) in [5.74, 6) is 2.67. The first kappa shape index (κ1) is 20.3. The third-order valence-corrected chi connectivity index (χ3v) is 4.72. The molecule has 0 aromatic carbocycles. The average molecular weight is 433 g/mol. The quantitative estimate of drug-likeness (QED) is 0.314. The molecule has 1 aromatic heterocycles. The smallest absolute Gasteiger partial charge is 0.191 e. The fourth-order valence-corrected chi connectivity index (χ4v) is 3.21. The zero-order valence-electron chi connectivity index (χ0n) is 14.7. The van der Waals surface area contributed by atoms with Gasteiger partial charge in [-0.15, -0.1) is 24.0 Å². The number of aliphatic imine (C=N–C) groups is 1. The van der Waals surface area contributed by atoms with Crippen molar-refractivity contribution in [3.63, 3.8) is 0 Å². The highest BCUT2D eigenvalue weighted by molar-refractivity contribution is 14.0. The maximum atomic E-state index is 4.35. The molecule has 0 bridgehead atoms. The summed E-state index contributed by atoms with van der Waals surface area (Å²) in [6, 6.07) is 0.579. The van der Waals surface area contributed by atoms with Crippen molar-refractivity contribution in [1.82, 2.24) is 20.2 Å². The molecule has 6 heteroatoms. The highest BCUT2D eigenvalue weighted by Gasteiger charge is 2.23. The van der Waals surface area contributed by atoms with Crippen LogP contribution in [-0.4, -0.2) is 35.1 Å². The molecule has 2 rings (SSSR count). The number of rotatable bonds is 6. The van der Waals surface area contributed by atoms with Crippen molar-refractivity contribution in [2.24, 2.45) is 16.8 Å². The molecule has 2 N–H and O–H groups in total. The Bertz CT molecular complexity index is 436. The topological polar surface area (TPSA) is 54.2 Å². The van der Waals surface area contributed by atoms with Crippen molar-refractivity contribution in [2.75, 3.05) is 13.6 Å². The van der Waals surface area contributed by atoms with Crippen LogP contribution in [0, 0.1) is 11.8 Å². The number of nitrogens with one attached hydrogen (secondary N) is 2. The van der Waals surface area contributed by atoms with E-state index in [9.17, 15) is 0 Å². The first-order chi connectivity index (χ1) is 10.7. The third kappa shape index (κ3) is 7.10. The number of hydrogen-bond donors (Lipinski definition) is 2. The van der Waals surface area contributed by atoms with Gasteiger partial charge in [0.25, 0.3) is 0 Å². The molecule has 0 spiro atoms. The molecule has 0 unspecified atom stereocenters. The minimum absolute atomic E-state index is 0. The van der Waals surface area contributed by atoms with Crippen molar-refractivity contribution >= 4 is 29.9 Å². The summed E-state index contributed by atoms with van der Waals surface area (Å²) in [6.45, 7) is 6.61. The van der Waals surface area contributed by atoms with E-state index in [4.69, 9.17) is 0 Å². The van der Waals surface area contributed by atoms with Crippen molar-refractivity contribution in [3.05, 3.63) is 18.7 Å². The molecule has 5 nitrogen and oxygen atoms in total. The number of aryl methyl sites for hydroxylation is 1. The summed E-state index contributed by atoms with van der Waals surface area (Å²) in [6.07, 6.45) is 12.0. The second-order valence-electron chi connectivity index (χ2n) is 6.65. The van der Waals surface area contributed by atoms with Crippen LogP contribution in [-0.2, 0) is 6.54 Å². The van der Waals surface area contributed by atoms with Gasteiger partial charge in [0.15, 0.2) is 5.96 Å². The van der Waals surface area contributed by atoms with Gasteiger partial charge in [0.1, 0.15) is 0 Å². The normalized spacial score (nSPS) is 21.8. The fourth-order valence-electron chi connectivity index (χ4n) is 3.21. The first-order valence-corrected chi connectivity index (χ1v) is 8.62. The Balaban J connectivity index is 0.00000264. The predicted octanol–water partition coefficient (Wildman–Crippen LogP) is 3.27. The van der Waals surface area contributed by atoms with E-state index < -0.39 is 0 Å². The Morgan fingerprint density at radius 1 is 1.30 bits per heavy atom. The van der Waals surface area contributed by atoms with Crippen LogP contribution in [0.5, 0.6) is 0 Å². The average Bonchev–Trinajstić information content (AvgIpc) is 3.04. The number of imidazole rings is 1. The van der Waals surface area contributed by atoms with Crippen molar-refractivity contribution in [3.8, 4) is 0 Å². The van der Waals surface area contributed by atoms with Gasteiger partial charge in [0, 0.05) is 38.6 Å². The van der Waals surface area contributed by atoms with Crippen molar-refractivity contribution < 1.29 is 0 Å². The zero-order valence-corrected chi connectivity index (χ0v) is 17.0. The molecule has 0 aliphatic heterocycles. The summed E-state index contributed by atoms with van der Waals surface area (Å²) in [4.78, 5) is 8.40. The summed E-state index contributed by atoms with van der Waals surface area (Å²) < 4.78 is 2.10. The van der Waals surface area contributed by atoms with Crippen LogP contribution in [0.15, 0.2) is 23.7 Å². The van der Waals surface area contributed by atoms with Crippen LogP contribution in [0.4, 0.5) is 0 Å². The molecular weight excluding hydrogens is 401 g/mol. The molecule has 0 radical (unpaired) electrons. The van der Waals surface area contributed by atoms with Crippen LogP contribution in [0.3, 0.4) is 0 Å².